The summed E-state index contributed by atoms with van der Waals surface area (Å²) in [7, 11) is 0. The third-order valence-corrected chi connectivity index (χ3v) is 4.94. The van der Waals surface area contributed by atoms with Gasteiger partial charge in [-0.05, 0) is 24.3 Å². The fourth-order valence-corrected chi connectivity index (χ4v) is 3.27. The minimum atomic E-state index is -1.75. The molecule has 0 radical (unpaired) electrons. The molecule has 0 atom stereocenters. The first-order valence-corrected chi connectivity index (χ1v) is 12.1. The van der Waals surface area contributed by atoms with Crippen molar-refractivity contribution >= 4 is 23.4 Å². The van der Waals surface area contributed by atoms with Gasteiger partial charge in [-0.15, -0.1) is 0 Å². The van der Waals surface area contributed by atoms with Gasteiger partial charge in [-0.3, -0.25) is 0 Å². The number of hydrogen-bond acceptors (Lipinski definition) is 11. The molecule has 0 bridgehead atoms. The molecule has 0 spiro atoms. The van der Waals surface area contributed by atoms with E-state index in [1.165, 1.54) is 13.8 Å². The van der Waals surface area contributed by atoms with E-state index in [2.05, 4.69) is 10.3 Å². The van der Waals surface area contributed by atoms with Crippen molar-refractivity contribution in [3.8, 4) is 11.5 Å². The minimum Gasteiger partial charge on any atom is -0.507 e. The monoisotopic (exact) mass is 786 g/mol. The zero-order valence-corrected chi connectivity index (χ0v) is 26.1. The maximum atomic E-state index is 10.9. The Bertz CT molecular complexity index is 1440. The molecular weight excluding hydrogens is 762 g/mol. The molecule has 14 heteroatoms. The van der Waals surface area contributed by atoms with Crippen molar-refractivity contribution in [1.82, 2.24) is 0 Å². The maximum Gasteiger partial charge on any atom is 1.00 e. The van der Waals surface area contributed by atoms with Gasteiger partial charge in [0, 0.05) is 36.1 Å². The molecule has 0 amide bonds. The molecule has 2 N–H and O–H groups in total. The van der Waals surface area contributed by atoms with Gasteiger partial charge in [0.15, 0.2) is 0 Å². The summed E-state index contributed by atoms with van der Waals surface area (Å²) in [6.07, 6.45) is 0. The molecule has 0 unspecified atom stereocenters. The van der Waals surface area contributed by atoms with Crippen LogP contribution >= 0.6 is 0 Å². The smallest absolute Gasteiger partial charge is 0.507 e. The van der Waals surface area contributed by atoms with Crippen molar-refractivity contribution in [1.29, 1.82) is 0 Å². The number of phenolic OH excluding ortho intramolecular Hbond substituents is 2. The van der Waals surface area contributed by atoms with Crippen LogP contribution < -0.4 is 0 Å². The molecule has 44 heavy (non-hydrogen) atoms. The summed E-state index contributed by atoms with van der Waals surface area (Å²) in [5.74, 6) is -0.859. The van der Waals surface area contributed by atoms with Gasteiger partial charge in [0.1, 0.15) is 22.9 Å². The summed E-state index contributed by atoms with van der Waals surface area (Å²) in [5, 5.41) is 42.2. The standard InChI is InChI=1S/2C15H13NO3.2Ag.NO3/c2*1-11(17)19-16-15(12-7-3-2-4-8-12)13-9-5-6-10-14(13)18;;;2-1(3)4/h2*2-10,18H,1H3;;;/q;;2*+1;-1. The Morgan fingerprint density at radius 3 is 1.14 bits per heavy atom. The van der Waals surface area contributed by atoms with E-state index in [1.54, 1.807) is 48.5 Å². The largest absolute Gasteiger partial charge is 1.00 e. The van der Waals surface area contributed by atoms with Gasteiger partial charge in [-0.2, -0.15) is 0 Å². The summed E-state index contributed by atoms with van der Waals surface area (Å²) in [6.45, 7) is 2.55. The molecule has 4 aromatic carbocycles. The van der Waals surface area contributed by atoms with E-state index in [4.69, 9.17) is 25.0 Å². The number of nitrogens with zero attached hydrogens (tertiary/aromatic N) is 3. The molecule has 0 aliphatic heterocycles. The Labute approximate surface area is 283 Å². The summed E-state index contributed by atoms with van der Waals surface area (Å²) < 4.78 is 0. The van der Waals surface area contributed by atoms with E-state index in [1.807, 2.05) is 60.7 Å². The van der Waals surface area contributed by atoms with Crippen LogP contribution in [0.25, 0.3) is 0 Å². The van der Waals surface area contributed by atoms with Gasteiger partial charge < -0.3 is 35.2 Å². The number of hydrogen-bond donors (Lipinski definition) is 2. The first-order chi connectivity index (χ1) is 20.1. The number of oxime groups is 2. The first kappa shape index (κ1) is 39.4. The number of rotatable bonds is 6. The van der Waals surface area contributed by atoms with Crippen molar-refractivity contribution in [2.45, 2.75) is 13.8 Å². The Hall–Kier alpha value is -4.56. The maximum absolute atomic E-state index is 10.9. The van der Waals surface area contributed by atoms with Crippen molar-refractivity contribution in [2.24, 2.45) is 10.3 Å². The van der Waals surface area contributed by atoms with Gasteiger partial charge in [0.25, 0.3) is 0 Å². The van der Waals surface area contributed by atoms with E-state index in [-0.39, 0.29) is 56.3 Å². The van der Waals surface area contributed by atoms with Crippen LogP contribution in [-0.4, -0.2) is 38.7 Å². The number of benzene rings is 4. The number of carbonyl (C=O) groups is 2. The normalized spacial score (nSPS) is 10.1. The molecule has 0 saturated heterocycles. The van der Waals surface area contributed by atoms with Crippen LogP contribution in [-0.2, 0) is 64.0 Å². The summed E-state index contributed by atoms with van der Waals surface area (Å²) in [5.41, 5.74) is 3.35. The Balaban J connectivity index is 0.000000720. The number of carbonyl (C=O) groups excluding carboxylic acids is 2. The quantitative estimate of drug-likeness (QED) is 0.0875. The summed E-state index contributed by atoms with van der Waals surface area (Å²) in [4.78, 5) is 39.5. The fraction of sp³-hybridized carbons (Fsp3) is 0.0667. The SMILES string of the molecule is CC(=O)ON=C(c1ccccc1)c1ccccc1O.CC(=O)ON=C(c1ccccc1)c1ccccc1O.O=[N+]([O-])[O-].[Ag+].[Ag+]. The second-order valence-corrected chi connectivity index (χ2v) is 8.04. The third kappa shape index (κ3) is 14.1. The topological polar surface area (TPSA) is 184 Å². The van der Waals surface area contributed by atoms with Crippen LogP contribution in [0.4, 0.5) is 0 Å². The van der Waals surface area contributed by atoms with E-state index in [9.17, 15) is 19.8 Å². The minimum absolute atomic E-state index is 0. The van der Waals surface area contributed by atoms with E-state index in [0.717, 1.165) is 11.1 Å². The molecule has 236 valence electrons. The molecule has 0 heterocycles. The van der Waals surface area contributed by atoms with Crippen molar-refractivity contribution < 1.29 is 79.3 Å². The van der Waals surface area contributed by atoms with Gasteiger partial charge in [0.05, 0.1) is 5.09 Å². The average molecular weight is 788 g/mol. The van der Waals surface area contributed by atoms with Gasteiger partial charge >= 0.3 is 56.7 Å². The van der Waals surface area contributed by atoms with E-state index < -0.39 is 17.0 Å². The number of para-hydroxylation sites is 2. The second-order valence-electron chi connectivity index (χ2n) is 8.04. The van der Waals surface area contributed by atoms with Crippen molar-refractivity contribution in [3.05, 3.63) is 147 Å². The zero-order chi connectivity index (χ0) is 30.9. The molecule has 0 aromatic heterocycles. The van der Waals surface area contributed by atoms with Crippen LogP contribution in [0.1, 0.15) is 36.1 Å². The molecule has 0 aliphatic rings. The molecule has 0 fully saturated rings. The second kappa shape index (κ2) is 21.2. The first-order valence-electron chi connectivity index (χ1n) is 12.1. The molecule has 4 aromatic rings. The molecule has 4 rings (SSSR count). The average Bonchev–Trinajstić information content (AvgIpc) is 2.96. The number of phenols is 2. The third-order valence-electron chi connectivity index (χ3n) is 4.94. The molecular formula is C30H26Ag2N3O9+. The van der Waals surface area contributed by atoms with Crippen LogP contribution in [0.3, 0.4) is 0 Å². The molecule has 0 saturated carbocycles. The predicted octanol–water partition coefficient (Wildman–Crippen LogP) is 5.17. The van der Waals surface area contributed by atoms with Gasteiger partial charge in [0.2, 0.25) is 0 Å². The van der Waals surface area contributed by atoms with E-state index in [0.29, 0.717) is 22.6 Å². The molecule has 0 aliphatic carbocycles. The van der Waals surface area contributed by atoms with Crippen LogP contribution in [0.5, 0.6) is 11.5 Å². The van der Waals surface area contributed by atoms with Crippen LogP contribution in [0.15, 0.2) is 120 Å². The summed E-state index contributed by atoms with van der Waals surface area (Å²) in [6, 6.07) is 32.0. The predicted molar refractivity (Wildman–Crippen MR) is 154 cm³/mol. The van der Waals surface area contributed by atoms with Gasteiger partial charge in [-0.25, -0.2) is 9.59 Å². The van der Waals surface area contributed by atoms with Crippen molar-refractivity contribution in [3.63, 3.8) is 0 Å². The zero-order valence-electron chi connectivity index (χ0n) is 23.1. The van der Waals surface area contributed by atoms with Crippen LogP contribution in [0, 0.1) is 15.3 Å². The van der Waals surface area contributed by atoms with E-state index >= 15 is 0 Å². The fourth-order valence-electron chi connectivity index (χ4n) is 3.27. The Kier molecular flexibility index (Phi) is 19.0. The molecule has 12 nitrogen and oxygen atoms in total. The van der Waals surface area contributed by atoms with Crippen LogP contribution in [0.2, 0.25) is 0 Å². The van der Waals surface area contributed by atoms with Gasteiger partial charge in [-0.1, -0.05) is 95.2 Å². The van der Waals surface area contributed by atoms with Crippen molar-refractivity contribution in [2.75, 3.05) is 0 Å². The summed E-state index contributed by atoms with van der Waals surface area (Å²) >= 11 is 0. The Morgan fingerprint density at radius 1 is 0.591 bits per heavy atom. The number of aromatic hydroxyl groups is 2. The Morgan fingerprint density at radius 2 is 0.864 bits per heavy atom.